The van der Waals surface area contributed by atoms with Crippen LogP contribution in [0.4, 0.5) is 0 Å². The average molecular weight is 380 g/mol. The van der Waals surface area contributed by atoms with Crippen LogP contribution in [0.15, 0.2) is 0 Å². The van der Waals surface area contributed by atoms with Gasteiger partial charge in [0.05, 0.1) is 0 Å². The minimum atomic E-state index is 0.679. The van der Waals surface area contributed by atoms with E-state index in [0.29, 0.717) is 4.83 Å². The zero-order valence-corrected chi connectivity index (χ0v) is 15.0. The fraction of sp³-hybridized carbons (Fsp3) is 1.00. The number of alkyl halides is 2. The van der Waals surface area contributed by atoms with Crippen LogP contribution >= 0.6 is 31.9 Å². The molecular weight excluding hydrogens is 352 g/mol. The first-order valence-corrected chi connectivity index (χ1v) is 9.85. The van der Waals surface area contributed by atoms with Crippen molar-refractivity contribution in [3.05, 3.63) is 0 Å². The molecule has 0 saturated heterocycles. The molecule has 0 amide bonds. The Kier molecular flexibility index (Phi) is 6.06. The highest BCUT2D eigenvalue weighted by Crippen LogP contribution is 2.45. The van der Waals surface area contributed by atoms with Crippen LogP contribution in [0.2, 0.25) is 0 Å². The second-order valence-electron chi connectivity index (χ2n) is 6.90. The maximum absolute atomic E-state index is 3.89. The molecule has 2 saturated carbocycles. The monoisotopic (exact) mass is 378 g/mol. The maximum atomic E-state index is 3.89. The molecule has 0 aromatic carbocycles. The molecule has 0 radical (unpaired) electrons. The van der Waals surface area contributed by atoms with E-state index >= 15 is 0 Å². The molecule has 2 aliphatic rings. The lowest BCUT2D eigenvalue weighted by Crippen LogP contribution is -2.34. The number of hydrogen-bond acceptors (Lipinski definition) is 0. The summed E-state index contributed by atoms with van der Waals surface area (Å²) >= 11 is 7.55. The minimum absolute atomic E-state index is 0.679. The first kappa shape index (κ1) is 15.4. The minimum Gasteiger partial charge on any atom is -0.0916 e. The molecule has 1 unspecified atom stereocenters. The van der Waals surface area contributed by atoms with E-state index in [0.717, 1.165) is 34.9 Å². The Bertz CT molecular complexity index is 241. The molecule has 0 aromatic rings. The molecule has 0 heterocycles. The van der Waals surface area contributed by atoms with Crippen molar-refractivity contribution in [2.24, 2.45) is 29.6 Å². The third kappa shape index (κ3) is 3.75. The molecule has 0 N–H and O–H groups in total. The number of hydrogen-bond donors (Lipinski definition) is 0. The Morgan fingerprint density at radius 2 is 1.56 bits per heavy atom. The van der Waals surface area contributed by atoms with Crippen LogP contribution in [-0.2, 0) is 0 Å². The Morgan fingerprint density at radius 1 is 0.944 bits per heavy atom. The normalized spacial score (nSPS) is 43.7. The van der Waals surface area contributed by atoms with Gasteiger partial charge in [0.25, 0.3) is 0 Å². The van der Waals surface area contributed by atoms with Gasteiger partial charge < -0.3 is 0 Å². The van der Waals surface area contributed by atoms with Crippen LogP contribution in [0, 0.1) is 29.6 Å². The van der Waals surface area contributed by atoms with E-state index in [1.54, 1.807) is 0 Å². The number of halogens is 2. The van der Waals surface area contributed by atoms with Gasteiger partial charge in [-0.2, -0.15) is 0 Å². The molecule has 4 atom stereocenters. The van der Waals surface area contributed by atoms with Crippen molar-refractivity contribution in [1.29, 1.82) is 0 Å². The predicted molar refractivity (Wildman–Crippen MR) is 87.6 cm³/mol. The highest BCUT2D eigenvalue weighted by molar-refractivity contribution is 9.12. The SMILES string of the molecule is CC1CCC([C@@H]2CC[C@@H](C)[C@@H](C(Br)CBr)C2)CC1. The van der Waals surface area contributed by atoms with Crippen molar-refractivity contribution in [2.45, 2.75) is 63.6 Å². The van der Waals surface area contributed by atoms with Gasteiger partial charge in [0.2, 0.25) is 0 Å². The van der Waals surface area contributed by atoms with Gasteiger partial charge in [-0.25, -0.2) is 0 Å². The lowest BCUT2D eigenvalue weighted by Gasteiger charge is -2.42. The molecule has 2 fully saturated rings. The van der Waals surface area contributed by atoms with Crippen molar-refractivity contribution in [3.8, 4) is 0 Å². The van der Waals surface area contributed by atoms with Gasteiger partial charge in [0.1, 0.15) is 0 Å². The Labute approximate surface area is 130 Å². The molecule has 2 aliphatic carbocycles. The molecule has 18 heavy (non-hydrogen) atoms. The molecular formula is C16H28Br2. The summed E-state index contributed by atoms with van der Waals surface area (Å²) in [6.45, 7) is 4.89. The van der Waals surface area contributed by atoms with Gasteiger partial charge in [-0.15, -0.1) is 0 Å². The average Bonchev–Trinajstić information content (AvgIpc) is 2.39. The van der Waals surface area contributed by atoms with Crippen molar-refractivity contribution in [1.82, 2.24) is 0 Å². The molecule has 2 heteroatoms. The van der Waals surface area contributed by atoms with E-state index in [1.807, 2.05) is 0 Å². The first-order chi connectivity index (χ1) is 8.61. The van der Waals surface area contributed by atoms with Gasteiger partial charge in [-0.1, -0.05) is 65.0 Å². The van der Waals surface area contributed by atoms with Crippen LogP contribution in [0.5, 0.6) is 0 Å². The number of rotatable bonds is 3. The topological polar surface area (TPSA) is 0 Å². The highest BCUT2D eigenvalue weighted by atomic mass is 79.9. The lowest BCUT2D eigenvalue weighted by molar-refractivity contribution is 0.114. The molecule has 0 aliphatic heterocycles. The summed E-state index contributed by atoms with van der Waals surface area (Å²) in [5.74, 6) is 4.86. The van der Waals surface area contributed by atoms with E-state index in [2.05, 4.69) is 45.7 Å². The zero-order valence-electron chi connectivity index (χ0n) is 11.9. The molecule has 0 aromatic heterocycles. The van der Waals surface area contributed by atoms with Crippen molar-refractivity contribution in [2.75, 3.05) is 5.33 Å². The van der Waals surface area contributed by atoms with Crippen LogP contribution in [0.25, 0.3) is 0 Å². The molecule has 0 nitrogen and oxygen atoms in total. The van der Waals surface area contributed by atoms with Crippen LogP contribution < -0.4 is 0 Å². The molecule has 0 bridgehead atoms. The van der Waals surface area contributed by atoms with E-state index in [1.165, 1.54) is 44.9 Å². The summed E-state index contributed by atoms with van der Waals surface area (Å²) in [5, 5.41) is 1.11. The molecule has 0 spiro atoms. The van der Waals surface area contributed by atoms with Crippen LogP contribution in [0.3, 0.4) is 0 Å². The summed E-state index contributed by atoms with van der Waals surface area (Å²) < 4.78 is 0. The highest BCUT2D eigenvalue weighted by Gasteiger charge is 2.36. The standard InChI is InChI=1S/C16H28Br2/c1-11-3-6-13(7-4-11)14-8-5-12(2)15(9-14)16(18)10-17/h11-16H,3-10H2,1-2H3/t11?,12-,13?,14-,15+,16?/m1/s1. The smallest absolute Gasteiger partial charge is 0.0273 e. The van der Waals surface area contributed by atoms with Crippen LogP contribution in [0.1, 0.15) is 58.8 Å². The van der Waals surface area contributed by atoms with Crippen molar-refractivity contribution >= 4 is 31.9 Å². The largest absolute Gasteiger partial charge is 0.0916 e. The van der Waals surface area contributed by atoms with Gasteiger partial charge in [-0.3, -0.25) is 0 Å². The summed E-state index contributed by atoms with van der Waals surface area (Å²) in [6.07, 6.45) is 10.4. The first-order valence-electron chi connectivity index (χ1n) is 7.81. The second kappa shape index (κ2) is 7.11. The summed E-state index contributed by atoms with van der Waals surface area (Å²) in [7, 11) is 0. The van der Waals surface area contributed by atoms with Crippen molar-refractivity contribution < 1.29 is 0 Å². The Hall–Kier alpha value is 0.960. The van der Waals surface area contributed by atoms with Gasteiger partial charge in [0, 0.05) is 10.2 Å². The summed E-state index contributed by atoms with van der Waals surface area (Å²) in [5.41, 5.74) is 0. The fourth-order valence-electron chi connectivity index (χ4n) is 4.19. The van der Waals surface area contributed by atoms with E-state index < -0.39 is 0 Å². The van der Waals surface area contributed by atoms with E-state index in [4.69, 9.17) is 0 Å². The third-order valence-corrected chi connectivity index (χ3v) is 8.21. The third-order valence-electron chi connectivity index (χ3n) is 5.64. The maximum Gasteiger partial charge on any atom is 0.0273 e. The Balaban J connectivity index is 1.90. The lowest BCUT2D eigenvalue weighted by atomic mass is 9.66. The van der Waals surface area contributed by atoms with E-state index in [9.17, 15) is 0 Å². The quantitative estimate of drug-likeness (QED) is 0.525. The van der Waals surface area contributed by atoms with Gasteiger partial charge >= 0.3 is 0 Å². The molecule has 2 rings (SSSR count). The van der Waals surface area contributed by atoms with E-state index in [-0.39, 0.29) is 0 Å². The second-order valence-corrected chi connectivity index (χ2v) is 8.73. The summed E-state index contributed by atoms with van der Waals surface area (Å²) in [4.78, 5) is 0.679. The van der Waals surface area contributed by atoms with Crippen molar-refractivity contribution in [3.63, 3.8) is 0 Å². The van der Waals surface area contributed by atoms with Crippen LogP contribution in [-0.4, -0.2) is 10.2 Å². The Morgan fingerprint density at radius 3 is 2.17 bits per heavy atom. The predicted octanol–water partition coefficient (Wildman–Crippen LogP) is 6.02. The van der Waals surface area contributed by atoms with Gasteiger partial charge in [0.15, 0.2) is 0 Å². The summed E-state index contributed by atoms with van der Waals surface area (Å²) in [6, 6.07) is 0. The zero-order chi connectivity index (χ0) is 13.1. The fourth-order valence-corrected chi connectivity index (χ4v) is 5.41. The van der Waals surface area contributed by atoms with Gasteiger partial charge in [-0.05, 0) is 55.3 Å². The molecule has 106 valence electrons.